The molecule has 0 spiro atoms. The highest BCUT2D eigenvalue weighted by molar-refractivity contribution is 6.03. The van der Waals surface area contributed by atoms with Gasteiger partial charge in [-0.25, -0.2) is 9.59 Å². The third-order valence-electron chi connectivity index (χ3n) is 6.31. The van der Waals surface area contributed by atoms with E-state index in [-0.39, 0.29) is 11.1 Å². The molecule has 0 saturated heterocycles. The molecule has 0 radical (unpaired) electrons. The van der Waals surface area contributed by atoms with Crippen molar-refractivity contribution in [3.63, 3.8) is 0 Å². The van der Waals surface area contributed by atoms with Crippen molar-refractivity contribution >= 4 is 11.9 Å². The van der Waals surface area contributed by atoms with E-state index < -0.39 is 11.9 Å². The van der Waals surface area contributed by atoms with Crippen LogP contribution in [0.15, 0.2) is 48.5 Å². The van der Waals surface area contributed by atoms with Crippen molar-refractivity contribution < 1.29 is 19.1 Å². The van der Waals surface area contributed by atoms with Gasteiger partial charge in [0, 0.05) is 0 Å². The Morgan fingerprint density at radius 2 is 0.900 bits per heavy atom. The fraction of sp³-hybridized carbons (Fsp3) is 0.231. The largest absolute Gasteiger partial charge is 0.465 e. The number of carbonyl (C=O) groups excluding carboxylic acids is 2. The van der Waals surface area contributed by atoms with E-state index in [9.17, 15) is 9.59 Å². The molecule has 4 heteroatoms. The molecule has 5 rings (SSSR count). The van der Waals surface area contributed by atoms with Crippen LogP contribution in [0.4, 0.5) is 0 Å². The molecule has 0 unspecified atom stereocenters. The minimum atomic E-state index is -0.522. The van der Waals surface area contributed by atoms with E-state index in [1.54, 1.807) is 12.1 Å². The molecule has 0 aromatic heterocycles. The Balaban J connectivity index is 1.56. The van der Waals surface area contributed by atoms with E-state index in [0.717, 1.165) is 36.8 Å². The molecule has 0 aliphatic heterocycles. The van der Waals surface area contributed by atoms with Gasteiger partial charge in [-0.2, -0.15) is 0 Å². The number of fused-ring (bicyclic) bond motifs is 4. The van der Waals surface area contributed by atoms with Crippen molar-refractivity contribution in [1.29, 1.82) is 0 Å². The van der Waals surface area contributed by atoms with Crippen LogP contribution >= 0.6 is 0 Å². The molecule has 3 aromatic rings. The smallest absolute Gasteiger partial charge is 0.338 e. The van der Waals surface area contributed by atoms with Gasteiger partial charge in [-0.3, -0.25) is 0 Å². The lowest BCUT2D eigenvalue weighted by Gasteiger charge is -2.26. The molecule has 4 nitrogen and oxygen atoms in total. The Labute approximate surface area is 175 Å². The molecule has 0 amide bonds. The molecular formula is C26H22O4. The summed E-state index contributed by atoms with van der Waals surface area (Å²) in [6.45, 7) is 0. The number of esters is 2. The predicted molar refractivity (Wildman–Crippen MR) is 113 cm³/mol. The second kappa shape index (κ2) is 7.13. The van der Waals surface area contributed by atoms with Gasteiger partial charge in [-0.15, -0.1) is 0 Å². The lowest BCUT2D eigenvalue weighted by atomic mass is 9.78. The number of carbonyl (C=O) groups is 2. The van der Waals surface area contributed by atoms with Gasteiger partial charge < -0.3 is 9.47 Å². The summed E-state index contributed by atoms with van der Waals surface area (Å²) < 4.78 is 9.79. The van der Waals surface area contributed by atoms with Gasteiger partial charge in [0.25, 0.3) is 0 Å². The van der Waals surface area contributed by atoms with E-state index in [0.29, 0.717) is 0 Å². The zero-order valence-corrected chi connectivity index (χ0v) is 17.1. The Morgan fingerprint density at radius 1 is 0.567 bits per heavy atom. The van der Waals surface area contributed by atoms with Gasteiger partial charge in [-0.05, 0) is 82.3 Å². The van der Waals surface area contributed by atoms with Gasteiger partial charge >= 0.3 is 11.9 Å². The molecule has 0 atom stereocenters. The molecular weight excluding hydrogens is 376 g/mol. The fourth-order valence-corrected chi connectivity index (χ4v) is 4.75. The van der Waals surface area contributed by atoms with Crippen molar-refractivity contribution in [3.8, 4) is 0 Å². The van der Waals surface area contributed by atoms with Gasteiger partial charge in [0.05, 0.1) is 25.3 Å². The minimum Gasteiger partial charge on any atom is -0.465 e. The first-order chi connectivity index (χ1) is 14.6. The summed E-state index contributed by atoms with van der Waals surface area (Å²) in [6.07, 6.45) is 3.40. The average Bonchev–Trinajstić information content (AvgIpc) is 2.78. The molecule has 0 fully saturated rings. The van der Waals surface area contributed by atoms with Crippen LogP contribution in [0.1, 0.15) is 65.2 Å². The highest BCUT2D eigenvalue weighted by atomic mass is 16.5. The lowest BCUT2D eigenvalue weighted by Crippen LogP contribution is -2.17. The average molecular weight is 398 g/mol. The lowest BCUT2D eigenvalue weighted by molar-refractivity contribution is 0.0555. The molecule has 0 bridgehead atoms. The van der Waals surface area contributed by atoms with Crippen molar-refractivity contribution in [3.05, 3.63) is 104 Å². The Bertz CT molecular complexity index is 1110. The van der Waals surface area contributed by atoms with E-state index in [1.807, 2.05) is 0 Å². The normalized spacial score (nSPS) is 13.4. The zero-order valence-electron chi connectivity index (χ0n) is 17.1. The van der Waals surface area contributed by atoms with E-state index in [1.165, 1.54) is 47.6 Å². The van der Waals surface area contributed by atoms with E-state index in [4.69, 9.17) is 9.47 Å². The fourth-order valence-electron chi connectivity index (χ4n) is 4.75. The number of ether oxygens (including phenoxy) is 2. The number of hydrogen-bond acceptors (Lipinski definition) is 4. The third-order valence-corrected chi connectivity index (χ3v) is 6.31. The molecule has 2 aliphatic rings. The second-order valence-electron chi connectivity index (χ2n) is 8.02. The number of rotatable bonds is 2. The molecule has 150 valence electrons. The summed E-state index contributed by atoms with van der Waals surface area (Å²) in [5.74, 6) is -1.04. The summed E-state index contributed by atoms with van der Waals surface area (Å²) in [7, 11) is 2.64. The summed E-state index contributed by atoms with van der Waals surface area (Å²) in [5.41, 5.74) is 10.8. The van der Waals surface area contributed by atoms with Crippen LogP contribution in [0.3, 0.4) is 0 Å². The second-order valence-corrected chi connectivity index (χ2v) is 8.02. The Kier molecular flexibility index (Phi) is 4.43. The molecule has 30 heavy (non-hydrogen) atoms. The molecule has 2 aliphatic carbocycles. The third kappa shape index (κ3) is 3.00. The molecule has 3 aromatic carbocycles. The molecule has 0 heterocycles. The zero-order chi connectivity index (χ0) is 20.8. The highest BCUT2D eigenvalue weighted by Crippen LogP contribution is 2.35. The van der Waals surface area contributed by atoms with Crippen LogP contribution < -0.4 is 0 Å². The number of benzene rings is 3. The maximum atomic E-state index is 12.3. The van der Waals surface area contributed by atoms with Crippen LogP contribution in [0.2, 0.25) is 0 Å². The monoisotopic (exact) mass is 398 g/mol. The number of hydrogen-bond donors (Lipinski definition) is 0. The highest BCUT2D eigenvalue weighted by Gasteiger charge is 2.26. The standard InChI is InChI=1S/C26H22O4/c1-29-25(27)23-13-21-11-19-9-17-7-15-5-3-4-6-16(15)8-18(17)10-20(19)12-22(21)14-24(23)26(28)30-2/h3-6,9-10,13-14H,7-8,11-12H2,1-2H3. The van der Waals surface area contributed by atoms with Crippen LogP contribution in [0.5, 0.6) is 0 Å². The van der Waals surface area contributed by atoms with Crippen LogP contribution in [-0.4, -0.2) is 26.2 Å². The first kappa shape index (κ1) is 18.6. The van der Waals surface area contributed by atoms with Crippen molar-refractivity contribution in [2.75, 3.05) is 14.2 Å². The Morgan fingerprint density at radius 3 is 1.27 bits per heavy atom. The summed E-state index contributed by atoms with van der Waals surface area (Å²) >= 11 is 0. The van der Waals surface area contributed by atoms with Crippen molar-refractivity contribution in [2.45, 2.75) is 25.7 Å². The SMILES string of the molecule is COC(=O)c1cc2c(cc1C(=O)OC)Cc1cc3c(cc1C2)Cc1ccccc1C3. The molecule has 0 saturated carbocycles. The van der Waals surface area contributed by atoms with E-state index >= 15 is 0 Å². The van der Waals surface area contributed by atoms with Gasteiger partial charge in [0.2, 0.25) is 0 Å². The van der Waals surface area contributed by atoms with Gasteiger partial charge in [0.1, 0.15) is 0 Å². The van der Waals surface area contributed by atoms with E-state index in [2.05, 4.69) is 36.4 Å². The summed E-state index contributed by atoms with van der Waals surface area (Å²) in [4.78, 5) is 24.5. The van der Waals surface area contributed by atoms with Crippen molar-refractivity contribution in [2.24, 2.45) is 0 Å². The van der Waals surface area contributed by atoms with Gasteiger partial charge in [0.15, 0.2) is 0 Å². The first-order valence-electron chi connectivity index (χ1n) is 10.1. The predicted octanol–water partition coefficient (Wildman–Crippen LogP) is 4.25. The summed E-state index contributed by atoms with van der Waals surface area (Å²) in [5, 5.41) is 0. The van der Waals surface area contributed by atoms with Crippen LogP contribution in [0, 0.1) is 0 Å². The molecule has 0 N–H and O–H groups in total. The first-order valence-corrected chi connectivity index (χ1v) is 10.1. The van der Waals surface area contributed by atoms with Crippen molar-refractivity contribution in [1.82, 2.24) is 0 Å². The summed E-state index contributed by atoms with van der Waals surface area (Å²) in [6, 6.07) is 16.9. The maximum Gasteiger partial charge on any atom is 0.338 e. The quantitative estimate of drug-likeness (QED) is 0.417. The number of methoxy groups -OCH3 is 2. The van der Waals surface area contributed by atoms with Crippen LogP contribution in [0.25, 0.3) is 0 Å². The van der Waals surface area contributed by atoms with Crippen LogP contribution in [-0.2, 0) is 35.2 Å². The topological polar surface area (TPSA) is 52.6 Å². The Hall–Kier alpha value is -3.40. The minimum absolute atomic E-state index is 0.262. The maximum absolute atomic E-state index is 12.3. The van der Waals surface area contributed by atoms with Gasteiger partial charge in [-0.1, -0.05) is 36.4 Å².